The largest absolute Gasteiger partial charge is 0.343 e. The Morgan fingerprint density at radius 1 is 1.08 bits per heavy atom. The van der Waals surface area contributed by atoms with Crippen LogP contribution in [0.2, 0.25) is 0 Å². The van der Waals surface area contributed by atoms with E-state index in [4.69, 9.17) is 0 Å². The van der Waals surface area contributed by atoms with Gasteiger partial charge in [-0.05, 0) is 88.6 Å². The molecule has 0 saturated carbocycles. The van der Waals surface area contributed by atoms with E-state index in [-0.39, 0.29) is 40.7 Å². The van der Waals surface area contributed by atoms with Crippen LogP contribution < -0.4 is 10.9 Å². The summed E-state index contributed by atoms with van der Waals surface area (Å²) < 4.78 is -0.111. The second-order valence-electron chi connectivity index (χ2n) is 11.0. The van der Waals surface area contributed by atoms with Crippen molar-refractivity contribution in [2.75, 3.05) is 12.8 Å². The molecule has 7 nitrogen and oxygen atoms in total. The molecule has 3 aromatic rings. The quantitative estimate of drug-likeness (QED) is 0.420. The fourth-order valence-corrected chi connectivity index (χ4v) is 5.97. The zero-order valence-electron chi connectivity index (χ0n) is 23.6. The fourth-order valence-electron chi connectivity index (χ4n) is 5.46. The van der Waals surface area contributed by atoms with Crippen LogP contribution in [0.15, 0.2) is 53.3 Å². The van der Waals surface area contributed by atoms with E-state index in [1.54, 1.807) is 23.9 Å². The molecule has 0 bridgehead atoms. The third-order valence-corrected chi connectivity index (χ3v) is 9.15. The molecule has 2 atom stereocenters. The zero-order chi connectivity index (χ0) is 28.3. The minimum atomic E-state index is -0.289. The number of likely N-dealkylation sites (tertiary alicyclic amines) is 1. The number of aryl methyl sites for hydroxylation is 3. The highest BCUT2D eigenvalue weighted by atomic mass is 32.2. The van der Waals surface area contributed by atoms with Gasteiger partial charge in [-0.25, -0.2) is 5.10 Å². The summed E-state index contributed by atoms with van der Waals surface area (Å²) in [5, 5.41) is 9.30. The smallest absolute Gasteiger partial charge is 0.267 e. The summed E-state index contributed by atoms with van der Waals surface area (Å²) >= 11 is 1.77. The molecule has 2 aromatic carbocycles. The Labute approximate surface area is 234 Å². The molecule has 2 heterocycles. The third kappa shape index (κ3) is 6.44. The lowest BCUT2D eigenvalue weighted by Gasteiger charge is -2.39. The van der Waals surface area contributed by atoms with Gasteiger partial charge in [0.05, 0.1) is 18.3 Å². The van der Waals surface area contributed by atoms with Crippen molar-refractivity contribution in [2.24, 2.45) is 0 Å². The molecule has 1 aromatic heterocycles. The molecule has 1 aliphatic rings. The summed E-state index contributed by atoms with van der Waals surface area (Å²) in [6.07, 6.45) is 4.36. The average molecular weight is 547 g/mol. The van der Waals surface area contributed by atoms with Crippen molar-refractivity contribution in [1.29, 1.82) is 0 Å². The highest BCUT2D eigenvalue weighted by Crippen LogP contribution is 2.44. The number of nitrogens with one attached hydrogen (secondary N) is 2. The molecule has 1 saturated heterocycles. The van der Waals surface area contributed by atoms with Gasteiger partial charge in [-0.15, -0.1) is 0 Å². The van der Waals surface area contributed by atoms with E-state index in [2.05, 4.69) is 60.7 Å². The van der Waals surface area contributed by atoms with Crippen molar-refractivity contribution < 1.29 is 9.59 Å². The molecule has 0 spiro atoms. The van der Waals surface area contributed by atoms with Gasteiger partial charge in [-0.3, -0.25) is 14.4 Å². The number of carbonyl (C=O) groups is 2. The van der Waals surface area contributed by atoms with Crippen molar-refractivity contribution in [3.8, 4) is 0 Å². The summed E-state index contributed by atoms with van der Waals surface area (Å²) in [5.41, 5.74) is 5.82. The van der Waals surface area contributed by atoms with Crippen LogP contribution in [0.1, 0.15) is 76.6 Å². The standard InChI is InChI=1S/C31H38N4O3S/c1-19-8-7-9-23(14-19)26-12-13-27(31(4,5)39-6)35(26)28(36)18-32-29(37)24-11-10-22(20(2)15-24)17-25-16-21(3)33-34-30(25)38/h7-11,14-16,26-27H,12-13,17-18H2,1-6H3,(H,32,37)(H,34,38)/t26-,27+/m0/s1. The number of nitrogens with zero attached hydrogens (tertiary/aromatic N) is 2. The summed E-state index contributed by atoms with van der Waals surface area (Å²) in [4.78, 5) is 40.9. The number of benzene rings is 2. The molecular weight excluding hydrogens is 508 g/mol. The van der Waals surface area contributed by atoms with Crippen LogP contribution >= 0.6 is 11.8 Å². The number of amides is 2. The fraction of sp³-hybridized carbons (Fsp3) is 0.419. The first kappa shape index (κ1) is 28.6. The summed E-state index contributed by atoms with van der Waals surface area (Å²) in [6.45, 7) is 10.1. The predicted molar refractivity (Wildman–Crippen MR) is 157 cm³/mol. The van der Waals surface area contributed by atoms with Gasteiger partial charge in [0.1, 0.15) is 0 Å². The van der Waals surface area contributed by atoms with Crippen LogP contribution in [-0.4, -0.2) is 50.5 Å². The van der Waals surface area contributed by atoms with Crippen molar-refractivity contribution in [2.45, 2.75) is 70.7 Å². The molecular formula is C31H38N4O3S. The number of aromatic nitrogens is 2. The first-order valence-electron chi connectivity index (χ1n) is 13.4. The molecule has 206 valence electrons. The first-order valence-corrected chi connectivity index (χ1v) is 14.6. The monoisotopic (exact) mass is 546 g/mol. The lowest BCUT2D eigenvalue weighted by atomic mass is 9.99. The molecule has 0 aliphatic carbocycles. The van der Waals surface area contributed by atoms with Gasteiger partial charge in [0.25, 0.3) is 11.5 Å². The van der Waals surface area contributed by atoms with Crippen LogP contribution in [-0.2, 0) is 11.2 Å². The second kappa shape index (κ2) is 11.8. The Morgan fingerprint density at radius 2 is 1.85 bits per heavy atom. The van der Waals surface area contributed by atoms with Gasteiger partial charge in [-0.2, -0.15) is 16.9 Å². The van der Waals surface area contributed by atoms with Crippen LogP contribution in [0, 0.1) is 20.8 Å². The molecule has 39 heavy (non-hydrogen) atoms. The number of rotatable bonds is 8. The predicted octanol–water partition coefficient (Wildman–Crippen LogP) is 4.89. The van der Waals surface area contributed by atoms with E-state index >= 15 is 0 Å². The Morgan fingerprint density at radius 3 is 2.54 bits per heavy atom. The van der Waals surface area contributed by atoms with Crippen molar-refractivity contribution >= 4 is 23.6 Å². The average Bonchev–Trinajstić information content (AvgIpc) is 3.37. The normalized spacial score (nSPS) is 17.3. The number of hydrogen-bond acceptors (Lipinski definition) is 5. The highest BCUT2D eigenvalue weighted by molar-refractivity contribution is 8.00. The van der Waals surface area contributed by atoms with E-state index in [1.807, 2.05) is 36.9 Å². The summed E-state index contributed by atoms with van der Waals surface area (Å²) in [6, 6.07) is 15.6. The second-order valence-corrected chi connectivity index (χ2v) is 12.5. The third-order valence-electron chi connectivity index (χ3n) is 7.82. The van der Waals surface area contributed by atoms with E-state index in [0.29, 0.717) is 17.5 Å². The van der Waals surface area contributed by atoms with E-state index in [1.165, 1.54) is 5.56 Å². The SMILES string of the molecule is CSC(C)(C)[C@H]1CC[C@@H](c2cccc(C)c2)N1C(=O)CNC(=O)c1ccc(Cc2cc(C)n[nH]c2=O)c(C)c1. The topological polar surface area (TPSA) is 95.2 Å². The van der Waals surface area contributed by atoms with Gasteiger partial charge in [0.15, 0.2) is 0 Å². The molecule has 1 aliphatic heterocycles. The molecule has 1 fully saturated rings. The Hall–Kier alpha value is -3.39. The molecule has 0 radical (unpaired) electrons. The lowest BCUT2D eigenvalue weighted by molar-refractivity contribution is -0.133. The summed E-state index contributed by atoms with van der Waals surface area (Å²) in [5.74, 6) is -0.359. The number of hydrogen-bond donors (Lipinski definition) is 2. The summed E-state index contributed by atoms with van der Waals surface area (Å²) in [7, 11) is 0. The molecule has 2 amide bonds. The van der Waals surface area contributed by atoms with Crippen molar-refractivity contribution in [3.63, 3.8) is 0 Å². The van der Waals surface area contributed by atoms with Gasteiger partial charge in [0.2, 0.25) is 5.91 Å². The van der Waals surface area contributed by atoms with Crippen LogP contribution in [0.4, 0.5) is 0 Å². The van der Waals surface area contributed by atoms with Crippen LogP contribution in [0.3, 0.4) is 0 Å². The highest BCUT2D eigenvalue weighted by Gasteiger charge is 2.44. The number of carbonyl (C=O) groups excluding carboxylic acids is 2. The number of aromatic amines is 1. The van der Waals surface area contributed by atoms with Crippen LogP contribution in [0.25, 0.3) is 0 Å². The van der Waals surface area contributed by atoms with E-state index in [0.717, 1.165) is 35.2 Å². The van der Waals surface area contributed by atoms with Crippen LogP contribution in [0.5, 0.6) is 0 Å². The van der Waals surface area contributed by atoms with Crippen molar-refractivity contribution in [1.82, 2.24) is 20.4 Å². The Bertz CT molecular complexity index is 1430. The van der Waals surface area contributed by atoms with Gasteiger partial charge < -0.3 is 10.2 Å². The van der Waals surface area contributed by atoms with Gasteiger partial charge >= 0.3 is 0 Å². The first-order chi connectivity index (χ1) is 18.5. The number of thioether (sulfide) groups is 1. The maximum Gasteiger partial charge on any atom is 0.267 e. The zero-order valence-corrected chi connectivity index (χ0v) is 24.4. The van der Waals surface area contributed by atoms with E-state index in [9.17, 15) is 14.4 Å². The lowest BCUT2D eigenvalue weighted by Crippen LogP contribution is -2.50. The maximum absolute atomic E-state index is 13.7. The Kier molecular flexibility index (Phi) is 8.64. The molecule has 8 heteroatoms. The van der Waals surface area contributed by atoms with Gasteiger partial charge in [-0.1, -0.05) is 35.9 Å². The van der Waals surface area contributed by atoms with Crippen molar-refractivity contribution in [3.05, 3.63) is 98.0 Å². The maximum atomic E-state index is 13.7. The van der Waals surface area contributed by atoms with Gasteiger partial charge in [0, 0.05) is 28.3 Å². The Balaban J connectivity index is 1.48. The number of H-pyrrole nitrogens is 1. The minimum absolute atomic E-state index is 0.00720. The molecule has 2 N–H and O–H groups in total. The minimum Gasteiger partial charge on any atom is -0.343 e. The van der Waals surface area contributed by atoms with E-state index < -0.39 is 0 Å². The molecule has 4 rings (SSSR count). The molecule has 0 unspecified atom stereocenters.